The predicted octanol–water partition coefficient (Wildman–Crippen LogP) is 4.49. The fourth-order valence-electron chi connectivity index (χ4n) is 3.12. The Kier molecular flexibility index (Phi) is 5.36. The highest BCUT2D eigenvalue weighted by molar-refractivity contribution is 5.97. The number of aryl methyl sites for hydroxylation is 1. The SMILES string of the molecule is CC(=N)n1c(=N)nc(N(CC(F)F)c2cc(C)cc(F)c2)c2c(F)c(F)ccc21. The summed E-state index contributed by atoms with van der Waals surface area (Å²) in [5.74, 6) is -3.99. The molecule has 3 rings (SSSR count). The average Bonchev–Trinajstić information content (AvgIpc) is 2.60. The topological polar surface area (TPSA) is 68.8 Å². The summed E-state index contributed by atoms with van der Waals surface area (Å²) in [6, 6.07) is 5.48. The van der Waals surface area contributed by atoms with Gasteiger partial charge in [-0.25, -0.2) is 22.0 Å². The number of nitrogens with one attached hydrogen (secondary N) is 2. The largest absolute Gasteiger partial charge is 0.320 e. The Morgan fingerprint density at radius 3 is 2.45 bits per heavy atom. The summed E-state index contributed by atoms with van der Waals surface area (Å²) in [4.78, 5) is 4.71. The Balaban J connectivity index is 2.43. The lowest BCUT2D eigenvalue weighted by atomic mass is 10.1. The lowest BCUT2D eigenvalue weighted by molar-refractivity contribution is 0.157. The number of anilines is 2. The van der Waals surface area contributed by atoms with Crippen LogP contribution in [0.2, 0.25) is 0 Å². The van der Waals surface area contributed by atoms with Crippen molar-refractivity contribution >= 4 is 28.2 Å². The van der Waals surface area contributed by atoms with Crippen LogP contribution in [-0.4, -0.2) is 28.4 Å². The van der Waals surface area contributed by atoms with Crippen LogP contribution in [0.1, 0.15) is 12.5 Å². The lowest BCUT2D eigenvalue weighted by Gasteiger charge is -2.26. The van der Waals surface area contributed by atoms with E-state index in [1.165, 1.54) is 19.1 Å². The van der Waals surface area contributed by atoms with Gasteiger partial charge in [0.05, 0.1) is 17.4 Å². The highest BCUT2D eigenvalue weighted by atomic mass is 19.3. The second-order valence-electron chi connectivity index (χ2n) is 6.42. The number of aromatic nitrogens is 2. The van der Waals surface area contributed by atoms with Gasteiger partial charge in [-0.3, -0.25) is 15.4 Å². The molecule has 0 saturated carbocycles. The highest BCUT2D eigenvalue weighted by Gasteiger charge is 2.25. The van der Waals surface area contributed by atoms with Gasteiger partial charge in [-0.2, -0.15) is 4.98 Å². The van der Waals surface area contributed by atoms with Crippen molar-refractivity contribution in [1.29, 1.82) is 10.8 Å². The van der Waals surface area contributed by atoms with Gasteiger partial charge >= 0.3 is 0 Å². The quantitative estimate of drug-likeness (QED) is 0.379. The van der Waals surface area contributed by atoms with Gasteiger partial charge in [0.25, 0.3) is 6.43 Å². The predicted molar refractivity (Wildman–Crippen MR) is 98.4 cm³/mol. The molecule has 0 aliphatic heterocycles. The number of nitrogens with zero attached hydrogens (tertiary/aromatic N) is 3. The normalized spacial score (nSPS) is 11.3. The fourth-order valence-corrected chi connectivity index (χ4v) is 3.12. The Labute approximate surface area is 162 Å². The summed E-state index contributed by atoms with van der Waals surface area (Å²) in [6.45, 7) is 1.87. The molecule has 0 bridgehead atoms. The van der Waals surface area contributed by atoms with Crippen LogP contribution in [0.5, 0.6) is 0 Å². The van der Waals surface area contributed by atoms with E-state index in [2.05, 4.69) is 4.98 Å². The van der Waals surface area contributed by atoms with Gasteiger partial charge in [0.2, 0.25) is 5.62 Å². The smallest absolute Gasteiger partial charge is 0.256 e. The van der Waals surface area contributed by atoms with Crippen LogP contribution in [0.3, 0.4) is 0 Å². The van der Waals surface area contributed by atoms with Gasteiger partial charge < -0.3 is 4.90 Å². The molecule has 10 heteroatoms. The molecule has 0 saturated heterocycles. The molecular weight excluding hydrogens is 393 g/mol. The van der Waals surface area contributed by atoms with E-state index in [1.807, 2.05) is 0 Å². The first-order valence-electron chi connectivity index (χ1n) is 8.44. The summed E-state index contributed by atoms with van der Waals surface area (Å²) in [5.41, 5.74) is -0.274. The van der Waals surface area contributed by atoms with Crippen molar-refractivity contribution in [3.8, 4) is 0 Å². The summed E-state index contributed by atoms with van der Waals surface area (Å²) >= 11 is 0. The molecule has 2 aromatic carbocycles. The van der Waals surface area contributed by atoms with Crippen LogP contribution in [0.25, 0.3) is 10.9 Å². The van der Waals surface area contributed by atoms with E-state index in [9.17, 15) is 22.0 Å². The van der Waals surface area contributed by atoms with Gasteiger partial charge in [-0.05, 0) is 49.7 Å². The molecule has 0 unspecified atom stereocenters. The molecule has 2 N–H and O–H groups in total. The third-order valence-electron chi connectivity index (χ3n) is 4.21. The van der Waals surface area contributed by atoms with E-state index in [-0.39, 0.29) is 17.0 Å². The molecule has 5 nitrogen and oxygen atoms in total. The van der Waals surface area contributed by atoms with Crippen molar-refractivity contribution in [3.63, 3.8) is 0 Å². The molecule has 0 aliphatic carbocycles. The zero-order chi connectivity index (χ0) is 21.5. The lowest BCUT2D eigenvalue weighted by Crippen LogP contribution is -2.33. The van der Waals surface area contributed by atoms with E-state index in [1.54, 1.807) is 6.92 Å². The van der Waals surface area contributed by atoms with Crippen LogP contribution in [0.4, 0.5) is 33.5 Å². The minimum Gasteiger partial charge on any atom is -0.320 e. The molecule has 152 valence electrons. The monoisotopic (exact) mass is 409 g/mol. The van der Waals surface area contributed by atoms with Crippen LogP contribution in [-0.2, 0) is 0 Å². The van der Waals surface area contributed by atoms with Crippen molar-refractivity contribution in [2.75, 3.05) is 11.4 Å². The molecule has 1 heterocycles. The number of halogens is 5. The number of hydrogen-bond acceptors (Lipinski definition) is 4. The zero-order valence-electron chi connectivity index (χ0n) is 15.4. The third-order valence-corrected chi connectivity index (χ3v) is 4.21. The van der Waals surface area contributed by atoms with Crippen LogP contribution < -0.4 is 10.5 Å². The van der Waals surface area contributed by atoms with Crippen LogP contribution in [0.15, 0.2) is 30.3 Å². The second kappa shape index (κ2) is 7.61. The average molecular weight is 409 g/mol. The minimum absolute atomic E-state index is 0.0519. The maximum atomic E-state index is 14.8. The molecule has 0 amide bonds. The number of hydrogen-bond donors (Lipinski definition) is 2. The van der Waals surface area contributed by atoms with Crippen molar-refractivity contribution in [3.05, 3.63) is 59.0 Å². The number of fused-ring (bicyclic) bond motifs is 1. The summed E-state index contributed by atoms with van der Waals surface area (Å²) < 4.78 is 70.2. The molecule has 0 spiro atoms. The molecule has 1 aromatic heterocycles. The van der Waals surface area contributed by atoms with Crippen LogP contribution >= 0.6 is 0 Å². The zero-order valence-corrected chi connectivity index (χ0v) is 15.4. The first-order valence-corrected chi connectivity index (χ1v) is 8.44. The maximum Gasteiger partial charge on any atom is 0.256 e. The molecule has 0 atom stereocenters. The Hall–Kier alpha value is -3.30. The summed E-state index contributed by atoms with van der Waals surface area (Å²) in [6.07, 6.45) is -2.92. The molecule has 29 heavy (non-hydrogen) atoms. The van der Waals surface area contributed by atoms with Crippen molar-refractivity contribution < 1.29 is 22.0 Å². The summed E-state index contributed by atoms with van der Waals surface area (Å²) in [5, 5.41) is 15.4. The Bertz CT molecular complexity index is 1150. The van der Waals surface area contributed by atoms with Crippen LogP contribution in [0, 0.1) is 35.2 Å². The first-order chi connectivity index (χ1) is 13.6. The number of benzene rings is 2. The van der Waals surface area contributed by atoms with E-state index >= 15 is 0 Å². The van der Waals surface area contributed by atoms with Crippen molar-refractivity contribution in [2.24, 2.45) is 0 Å². The highest BCUT2D eigenvalue weighted by Crippen LogP contribution is 2.33. The van der Waals surface area contributed by atoms with E-state index in [4.69, 9.17) is 10.8 Å². The van der Waals surface area contributed by atoms with Crippen molar-refractivity contribution in [2.45, 2.75) is 20.3 Å². The van der Waals surface area contributed by atoms with Gasteiger partial charge in [0.15, 0.2) is 11.6 Å². The maximum absolute atomic E-state index is 14.8. The first kappa shape index (κ1) is 20.4. The molecular formula is C19H16F5N5. The fraction of sp³-hybridized carbons (Fsp3) is 0.211. The number of rotatable bonds is 4. The molecule has 0 aliphatic rings. The van der Waals surface area contributed by atoms with E-state index < -0.39 is 47.2 Å². The number of alkyl halides is 2. The van der Waals surface area contributed by atoms with Gasteiger partial charge in [-0.1, -0.05) is 0 Å². The van der Waals surface area contributed by atoms with Gasteiger partial charge in [0.1, 0.15) is 17.5 Å². The van der Waals surface area contributed by atoms with Gasteiger partial charge in [0, 0.05) is 5.69 Å². The summed E-state index contributed by atoms with van der Waals surface area (Å²) in [7, 11) is 0. The standard InChI is InChI=1S/C19H16F5N5/c1-9-5-11(20)7-12(6-9)28(8-15(22)23)18-16-14(4-3-13(21)17(16)24)29(10(2)25)19(26)27-18/h3-7,15,25-26H,8H2,1-2H3. The Morgan fingerprint density at radius 1 is 1.17 bits per heavy atom. The molecule has 0 fully saturated rings. The Morgan fingerprint density at radius 2 is 1.86 bits per heavy atom. The molecule has 3 aromatic rings. The minimum atomic E-state index is -2.92. The van der Waals surface area contributed by atoms with E-state index in [0.717, 1.165) is 27.7 Å². The van der Waals surface area contributed by atoms with Crippen molar-refractivity contribution in [1.82, 2.24) is 9.55 Å². The van der Waals surface area contributed by atoms with Gasteiger partial charge in [-0.15, -0.1) is 0 Å². The molecule has 0 radical (unpaired) electrons. The second-order valence-corrected chi connectivity index (χ2v) is 6.42. The third kappa shape index (κ3) is 3.82. The van der Waals surface area contributed by atoms with E-state index in [0.29, 0.717) is 5.56 Å².